The van der Waals surface area contributed by atoms with Gasteiger partial charge in [-0.15, -0.1) is 0 Å². The van der Waals surface area contributed by atoms with Crippen molar-refractivity contribution in [2.24, 2.45) is 5.41 Å². The van der Waals surface area contributed by atoms with Gasteiger partial charge in [-0.1, -0.05) is 24.6 Å². The van der Waals surface area contributed by atoms with Crippen LogP contribution in [0.3, 0.4) is 0 Å². The molecule has 0 aliphatic heterocycles. The summed E-state index contributed by atoms with van der Waals surface area (Å²) in [7, 11) is 0. The maximum atomic E-state index is 10.1. The van der Waals surface area contributed by atoms with Crippen LogP contribution in [0.2, 0.25) is 0 Å². The molecule has 0 aromatic carbocycles. The Morgan fingerprint density at radius 2 is 2.29 bits per heavy atom. The summed E-state index contributed by atoms with van der Waals surface area (Å²) in [5.41, 5.74) is 2.53. The Labute approximate surface area is 87.5 Å². The second kappa shape index (κ2) is 4.31. The highest BCUT2D eigenvalue weighted by molar-refractivity contribution is 5.15. The lowest BCUT2D eigenvalue weighted by molar-refractivity contribution is 0.0544. The zero-order valence-electron chi connectivity index (χ0n) is 9.80. The van der Waals surface area contributed by atoms with Crippen molar-refractivity contribution in [3.8, 4) is 0 Å². The average Bonchev–Trinajstić information content (AvgIpc) is 2.11. The number of hydrogen-bond donors (Lipinski definition) is 1. The van der Waals surface area contributed by atoms with Gasteiger partial charge in [0.1, 0.15) is 0 Å². The number of aliphatic hydroxyl groups is 1. The van der Waals surface area contributed by atoms with Gasteiger partial charge in [-0.2, -0.15) is 0 Å². The van der Waals surface area contributed by atoms with E-state index in [0.29, 0.717) is 0 Å². The predicted molar refractivity (Wildman–Crippen MR) is 61.2 cm³/mol. The Balaban J connectivity index is 2.74. The van der Waals surface area contributed by atoms with Crippen molar-refractivity contribution in [2.45, 2.75) is 53.1 Å². The second-order valence-corrected chi connectivity index (χ2v) is 5.03. The summed E-state index contributed by atoms with van der Waals surface area (Å²) in [5, 5.41) is 10.1. The monoisotopic (exact) mass is 194 g/mol. The van der Waals surface area contributed by atoms with Gasteiger partial charge in [-0.3, -0.25) is 0 Å². The van der Waals surface area contributed by atoms with Crippen LogP contribution >= 0.6 is 0 Å². The van der Waals surface area contributed by atoms with Crippen LogP contribution in [0.4, 0.5) is 0 Å². The molecule has 1 aliphatic rings. The first-order valence-electron chi connectivity index (χ1n) is 5.44. The molecule has 0 bridgehead atoms. The van der Waals surface area contributed by atoms with Crippen LogP contribution in [0.5, 0.6) is 0 Å². The van der Waals surface area contributed by atoms with Gasteiger partial charge in [0.05, 0.1) is 6.10 Å². The molecule has 1 heteroatoms. The van der Waals surface area contributed by atoms with E-state index in [0.717, 1.165) is 24.8 Å². The van der Waals surface area contributed by atoms with Crippen LogP contribution < -0.4 is 0 Å². The molecule has 1 N–H and O–H groups in total. The molecule has 0 saturated heterocycles. The summed E-state index contributed by atoms with van der Waals surface area (Å²) in [6, 6.07) is 0. The molecule has 0 fully saturated rings. The zero-order chi connectivity index (χ0) is 10.8. The van der Waals surface area contributed by atoms with E-state index in [-0.39, 0.29) is 11.5 Å². The molecule has 14 heavy (non-hydrogen) atoms. The van der Waals surface area contributed by atoms with Crippen LogP contribution in [0.1, 0.15) is 47.0 Å². The lowest BCUT2D eigenvalue weighted by Crippen LogP contribution is -2.35. The molecule has 0 radical (unpaired) electrons. The number of aliphatic hydroxyl groups excluding tert-OH is 1. The highest BCUT2D eigenvalue weighted by atomic mass is 16.3. The normalized spacial score (nSPS) is 32.4. The standard InChI is InChI=1S/C13H22O/c1-10(2)7-9-13(4)8-5-6-11(3)12(13)14/h6-7,12,14H,5,8-9H2,1-4H3. The Bertz CT molecular complexity index is 258. The van der Waals surface area contributed by atoms with Gasteiger partial charge in [-0.25, -0.2) is 0 Å². The first kappa shape index (κ1) is 11.5. The van der Waals surface area contributed by atoms with Gasteiger partial charge in [-0.05, 0) is 45.6 Å². The fourth-order valence-corrected chi connectivity index (χ4v) is 2.08. The Morgan fingerprint density at radius 1 is 1.64 bits per heavy atom. The van der Waals surface area contributed by atoms with E-state index in [9.17, 15) is 5.11 Å². The van der Waals surface area contributed by atoms with Crippen molar-refractivity contribution in [1.29, 1.82) is 0 Å². The molecule has 0 aromatic heterocycles. The summed E-state index contributed by atoms with van der Waals surface area (Å²) < 4.78 is 0. The third-order valence-corrected chi connectivity index (χ3v) is 3.25. The summed E-state index contributed by atoms with van der Waals surface area (Å²) in [6.07, 6.45) is 7.33. The highest BCUT2D eigenvalue weighted by Gasteiger charge is 2.34. The molecular weight excluding hydrogens is 172 g/mol. The SMILES string of the molecule is CC(C)=CCC1(C)CCC=C(C)C1O. The molecule has 2 unspecified atom stereocenters. The summed E-state index contributed by atoms with van der Waals surface area (Å²) >= 11 is 0. The number of allylic oxidation sites excluding steroid dienone is 3. The molecule has 0 heterocycles. The van der Waals surface area contributed by atoms with Gasteiger partial charge in [0.15, 0.2) is 0 Å². The van der Waals surface area contributed by atoms with E-state index in [1.54, 1.807) is 0 Å². The molecule has 0 saturated carbocycles. The summed E-state index contributed by atoms with van der Waals surface area (Å²) in [4.78, 5) is 0. The lowest BCUT2D eigenvalue weighted by Gasteiger charge is -2.37. The second-order valence-electron chi connectivity index (χ2n) is 5.03. The summed E-state index contributed by atoms with van der Waals surface area (Å²) in [5.74, 6) is 0. The van der Waals surface area contributed by atoms with Crippen molar-refractivity contribution in [2.75, 3.05) is 0 Å². The maximum Gasteiger partial charge on any atom is 0.0804 e. The smallest absolute Gasteiger partial charge is 0.0804 e. The van der Waals surface area contributed by atoms with Crippen molar-refractivity contribution in [3.63, 3.8) is 0 Å². The average molecular weight is 194 g/mol. The molecule has 2 atom stereocenters. The summed E-state index contributed by atoms with van der Waals surface area (Å²) in [6.45, 7) is 8.45. The third-order valence-electron chi connectivity index (χ3n) is 3.25. The Kier molecular flexibility index (Phi) is 3.54. The molecule has 1 nitrogen and oxygen atoms in total. The quantitative estimate of drug-likeness (QED) is 0.667. The number of hydrogen-bond acceptors (Lipinski definition) is 1. The molecule has 1 rings (SSSR count). The minimum absolute atomic E-state index is 0.0517. The molecule has 0 aromatic rings. The van der Waals surface area contributed by atoms with Crippen molar-refractivity contribution < 1.29 is 5.11 Å². The molecule has 0 spiro atoms. The largest absolute Gasteiger partial charge is 0.388 e. The van der Waals surface area contributed by atoms with Gasteiger partial charge in [0.2, 0.25) is 0 Å². The molecule has 1 aliphatic carbocycles. The Morgan fingerprint density at radius 3 is 2.86 bits per heavy atom. The minimum atomic E-state index is -0.258. The first-order valence-corrected chi connectivity index (χ1v) is 5.44. The zero-order valence-corrected chi connectivity index (χ0v) is 9.80. The van der Waals surface area contributed by atoms with Crippen molar-refractivity contribution in [3.05, 3.63) is 23.3 Å². The molecule has 80 valence electrons. The van der Waals surface area contributed by atoms with Gasteiger partial charge < -0.3 is 5.11 Å². The van der Waals surface area contributed by atoms with E-state index < -0.39 is 0 Å². The van der Waals surface area contributed by atoms with Crippen LogP contribution in [0, 0.1) is 5.41 Å². The van der Waals surface area contributed by atoms with Crippen LogP contribution in [0.25, 0.3) is 0 Å². The van der Waals surface area contributed by atoms with Crippen LogP contribution in [0.15, 0.2) is 23.3 Å². The topological polar surface area (TPSA) is 20.2 Å². The molecular formula is C13H22O. The first-order chi connectivity index (χ1) is 6.46. The molecule has 0 amide bonds. The number of rotatable bonds is 2. The van der Waals surface area contributed by atoms with Gasteiger partial charge >= 0.3 is 0 Å². The van der Waals surface area contributed by atoms with E-state index in [4.69, 9.17) is 0 Å². The predicted octanol–water partition coefficient (Wildman–Crippen LogP) is 3.45. The van der Waals surface area contributed by atoms with E-state index in [1.807, 2.05) is 6.92 Å². The van der Waals surface area contributed by atoms with Crippen LogP contribution in [-0.4, -0.2) is 11.2 Å². The van der Waals surface area contributed by atoms with Gasteiger partial charge in [0.25, 0.3) is 0 Å². The van der Waals surface area contributed by atoms with Crippen molar-refractivity contribution in [1.82, 2.24) is 0 Å². The fraction of sp³-hybridized carbons (Fsp3) is 0.692. The third kappa shape index (κ3) is 2.48. The van der Waals surface area contributed by atoms with E-state index in [2.05, 4.69) is 32.9 Å². The van der Waals surface area contributed by atoms with E-state index in [1.165, 1.54) is 5.57 Å². The van der Waals surface area contributed by atoms with Gasteiger partial charge in [0, 0.05) is 5.41 Å². The van der Waals surface area contributed by atoms with E-state index >= 15 is 0 Å². The van der Waals surface area contributed by atoms with Crippen LogP contribution in [-0.2, 0) is 0 Å². The Hall–Kier alpha value is -0.560. The highest BCUT2D eigenvalue weighted by Crippen LogP contribution is 2.39. The minimum Gasteiger partial charge on any atom is -0.388 e. The van der Waals surface area contributed by atoms with Crippen molar-refractivity contribution >= 4 is 0 Å². The fourth-order valence-electron chi connectivity index (χ4n) is 2.08. The lowest BCUT2D eigenvalue weighted by atomic mass is 9.71. The maximum absolute atomic E-state index is 10.1.